The third-order valence-corrected chi connectivity index (χ3v) is 3.04. The Kier molecular flexibility index (Phi) is 3.51. The molecular formula is C12H11F6N. The average Bonchev–Trinajstić information content (AvgIpc) is 2.21. The Bertz CT molecular complexity index is 426. The van der Waals surface area contributed by atoms with Gasteiger partial charge >= 0.3 is 12.4 Å². The van der Waals surface area contributed by atoms with E-state index >= 15 is 0 Å². The first-order valence-corrected chi connectivity index (χ1v) is 5.65. The monoisotopic (exact) mass is 283 g/mol. The van der Waals surface area contributed by atoms with E-state index in [9.17, 15) is 26.3 Å². The minimum Gasteiger partial charge on any atom is -0.316 e. The molecule has 1 saturated heterocycles. The van der Waals surface area contributed by atoms with Crippen LogP contribution in [0.1, 0.15) is 16.7 Å². The summed E-state index contributed by atoms with van der Waals surface area (Å²) in [5, 5.41) is 2.93. The van der Waals surface area contributed by atoms with E-state index in [2.05, 4.69) is 5.32 Å². The van der Waals surface area contributed by atoms with Crippen molar-refractivity contribution >= 4 is 0 Å². The van der Waals surface area contributed by atoms with Gasteiger partial charge in [0.2, 0.25) is 0 Å². The molecule has 1 heterocycles. The molecule has 0 aromatic heterocycles. The molecule has 7 heteroatoms. The molecule has 106 valence electrons. The topological polar surface area (TPSA) is 12.0 Å². The molecule has 2 rings (SSSR count). The van der Waals surface area contributed by atoms with Gasteiger partial charge in [0.15, 0.2) is 0 Å². The molecule has 0 atom stereocenters. The number of alkyl halides is 6. The van der Waals surface area contributed by atoms with E-state index in [0.29, 0.717) is 13.1 Å². The van der Waals surface area contributed by atoms with Crippen molar-refractivity contribution in [3.63, 3.8) is 0 Å². The van der Waals surface area contributed by atoms with Crippen LogP contribution in [0, 0.1) is 5.92 Å². The van der Waals surface area contributed by atoms with Crippen LogP contribution in [-0.2, 0) is 18.8 Å². The molecule has 1 nitrogen and oxygen atoms in total. The Morgan fingerprint density at radius 2 is 1.37 bits per heavy atom. The van der Waals surface area contributed by atoms with Gasteiger partial charge in [-0.1, -0.05) is 0 Å². The van der Waals surface area contributed by atoms with Crippen LogP contribution in [0.15, 0.2) is 18.2 Å². The van der Waals surface area contributed by atoms with E-state index in [1.807, 2.05) is 0 Å². The fraction of sp³-hybridized carbons (Fsp3) is 0.500. The molecule has 1 N–H and O–H groups in total. The van der Waals surface area contributed by atoms with Crippen molar-refractivity contribution in [1.82, 2.24) is 5.32 Å². The van der Waals surface area contributed by atoms with E-state index in [0.717, 1.165) is 12.1 Å². The van der Waals surface area contributed by atoms with Gasteiger partial charge in [-0.3, -0.25) is 0 Å². The Morgan fingerprint density at radius 3 is 1.68 bits per heavy atom. The van der Waals surface area contributed by atoms with Gasteiger partial charge in [-0.2, -0.15) is 26.3 Å². The second-order valence-electron chi connectivity index (χ2n) is 4.64. The van der Waals surface area contributed by atoms with Crippen LogP contribution >= 0.6 is 0 Å². The molecule has 1 aliphatic rings. The maximum absolute atomic E-state index is 12.6. The summed E-state index contributed by atoms with van der Waals surface area (Å²) in [7, 11) is 0. The molecule has 19 heavy (non-hydrogen) atoms. The molecule has 0 spiro atoms. The summed E-state index contributed by atoms with van der Waals surface area (Å²) in [6.07, 6.45) is -9.32. The zero-order chi connectivity index (χ0) is 14.3. The van der Waals surface area contributed by atoms with Crippen LogP contribution in [0.4, 0.5) is 26.3 Å². The number of halogens is 6. The fourth-order valence-corrected chi connectivity index (χ4v) is 1.96. The van der Waals surface area contributed by atoms with Crippen LogP contribution in [-0.4, -0.2) is 13.1 Å². The highest BCUT2D eigenvalue weighted by molar-refractivity contribution is 5.34. The smallest absolute Gasteiger partial charge is 0.316 e. The molecule has 1 aromatic carbocycles. The molecule has 0 aliphatic carbocycles. The summed E-state index contributed by atoms with van der Waals surface area (Å²) in [4.78, 5) is 0. The summed E-state index contributed by atoms with van der Waals surface area (Å²) in [6.45, 7) is 1.25. The van der Waals surface area contributed by atoms with Crippen molar-refractivity contribution in [3.8, 4) is 0 Å². The number of rotatable bonds is 2. The molecule has 0 saturated carbocycles. The predicted octanol–water partition coefficient (Wildman–Crippen LogP) is 3.49. The van der Waals surface area contributed by atoms with Gasteiger partial charge in [-0.05, 0) is 49.2 Å². The largest absolute Gasteiger partial charge is 0.416 e. The van der Waals surface area contributed by atoms with Gasteiger partial charge in [0, 0.05) is 0 Å². The number of nitrogens with one attached hydrogen (secondary N) is 1. The highest BCUT2D eigenvalue weighted by atomic mass is 19.4. The second-order valence-corrected chi connectivity index (χ2v) is 4.64. The van der Waals surface area contributed by atoms with Crippen molar-refractivity contribution < 1.29 is 26.3 Å². The highest BCUT2D eigenvalue weighted by Crippen LogP contribution is 2.36. The molecule has 0 amide bonds. The van der Waals surface area contributed by atoms with Gasteiger partial charge in [0.1, 0.15) is 0 Å². The average molecular weight is 283 g/mol. The Labute approximate surface area is 105 Å². The molecule has 1 aliphatic heterocycles. The summed E-state index contributed by atoms with van der Waals surface area (Å²) in [6, 6.07) is 1.75. The van der Waals surface area contributed by atoms with E-state index in [4.69, 9.17) is 0 Å². The summed E-state index contributed by atoms with van der Waals surface area (Å²) in [5.74, 6) is 0.101. The maximum Gasteiger partial charge on any atom is 0.416 e. The minimum absolute atomic E-state index is 0.0775. The number of hydrogen-bond acceptors (Lipinski definition) is 1. The van der Waals surface area contributed by atoms with Crippen LogP contribution < -0.4 is 5.32 Å². The van der Waals surface area contributed by atoms with Crippen molar-refractivity contribution in [3.05, 3.63) is 34.9 Å². The lowest BCUT2D eigenvalue weighted by molar-refractivity contribution is -0.143. The first-order valence-electron chi connectivity index (χ1n) is 5.65. The lowest BCUT2D eigenvalue weighted by Crippen LogP contribution is -2.43. The zero-order valence-electron chi connectivity index (χ0n) is 9.70. The minimum atomic E-state index is -4.77. The van der Waals surface area contributed by atoms with E-state index in [1.54, 1.807) is 0 Å². The van der Waals surface area contributed by atoms with Gasteiger partial charge < -0.3 is 5.32 Å². The Hall–Kier alpha value is -1.24. The number of hydrogen-bond donors (Lipinski definition) is 1. The Balaban J connectivity index is 2.36. The van der Waals surface area contributed by atoms with E-state index in [-0.39, 0.29) is 24.0 Å². The zero-order valence-corrected chi connectivity index (χ0v) is 9.70. The van der Waals surface area contributed by atoms with Crippen LogP contribution in [0.3, 0.4) is 0 Å². The Morgan fingerprint density at radius 1 is 0.895 bits per heavy atom. The van der Waals surface area contributed by atoms with E-state index < -0.39 is 23.5 Å². The van der Waals surface area contributed by atoms with E-state index in [1.165, 1.54) is 0 Å². The second kappa shape index (κ2) is 4.70. The first kappa shape index (κ1) is 14.2. The van der Waals surface area contributed by atoms with Crippen molar-refractivity contribution in [1.29, 1.82) is 0 Å². The van der Waals surface area contributed by atoms with Crippen LogP contribution in [0.2, 0.25) is 0 Å². The van der Waals surface area contributed by atoms with Crippen LogP contribution in [0.25, 0.3) is 0 Å². The van der Waals surface area contributed by atoms with Crippen LogP contribution in [0.5, 0.6) is 0 Å². The normalized spacial score (nSPS) is 17.4. The third kappa shape index (κ3) is 3.40. The third-order valence-electron chi connectivity index (χ3n) is 3.04. The molecule has 1 aromatic rings. The SMILES string of the molecule is FC(F)(F)c1cc(CC2CNC2)cc(C(F)(F)F)c1. The molecule has 0 unspecified atom stereocenters. The van der Waals surface area contributed by atoms with Gasteiger partial charge in [-0.25, -0.2) is 0 Å². The summed E-state index contributed by atoms with van der Waals surface area (Å²) in [5.41, 5.74) is -2.41. The highest BCUT2D eigenvalue weighted by Gasteiger charge is 2.37. The van der Waals surface area contributed by atoms with Gasteiger partial charge in [0.05, 0.1) is 11.1 Å². The van der Waals surface area contributed by atoms with Crippen molar-refractivity contribution in [2.24, 2.45) is 5.92 Å². The lowest BCUT2D eigenvalue weighted by Gasteiger charge is -2.27. The van der Waals surface area contributed by atoms with Gasteiger partial charge in [0.25, 0.3) is 0 Å². The molecule has 1 fully saturated rings. The maximum atomic E-state index is 12.6. The lowest BCUT2D eigenvalue weighted by atomic mass is 9.92. The van der Waals surface area contributed by atoms with Gasteiger partial charge in [-0.15, -0.1) is 0 Å². The quantitative estimate of drug-likeness (QED) is 0.819. The molecule has 0 radical (unpaired) electrons. The first-order chi connectivity index (χ1) is 8.66. The molecular weight excluding hydrogens is 272 g/mol. The van der Waals surface area contributed by atoms with Crippen molar-refractivity contribution in [2.75, 3.05) is 13.1 Å². The predicted molar refractivity (Wildman–Crippen MR) is 56.5 cm³/mol. The van der Waals surface area contributed by atoms with Crippen molar-refractivity contribution in [2.45, 2.75) is 18.8 Å². The fourth-order valence-electron chi connectivity index (χ4n) is 1.96. The molecule has 0 bridgehead atoms. The summed E-state index contributed by atoms with van der Waals surface area (Å²) < 4.78 is 75.5. The standard InChI is InChI=1S/C12H11F6N/c13-11(14,15)9-2-7(1-8-5-19-6-8)3-10(4-9)12(16,17)18/h2-4,8,19H,1,5-6H2. The summed E-state index contributed by atoms with van der Waals surface area (Å²) >= 11 is 0. The number of benzene rings is 1.